The van der Waals surface area contributed by atoms with E-state index in [0.717, 1.165) is 0 Å². The number of hydrogen-bond acceptors (Lipinski definition) is 6. The van der Waals surface area contributed by atoms with Crippen molar-refractivity contribution in [3.05, 3.63) is 24.4 Å². The van der Waals surface area contributed by atoms with E-state index in [1.54, 1.807) is 6.08 Å². The predicted molar refractivity (Wildman–Crippen MR) is 90.6 cm³/mol. The molecule has 0 unspecified atom stereocenters. The molecule has 0 aromatic carbocycles. The molecule has 1 aliphatic rings. The molecule has 4 N–H and O–H groups in total. The van der Waals surface area contributed by atoms with Gasteiger partial charge in [-0.25, -0.2) is 4.98 Å². The topological polar surface area (TPSA) is 102 Å². The molecule has 2 rings (SSSR count). The monoisotopic (exact) mass is 355 g/mol. The molecule has 1 aliphatic carbocycles. The minimum atomic E-state index is -2.73. The van der Waals surface area contributed by atoms with Gasteiger partial charge in [0.1, 0.15) is 5.82 Å². The van der Waals surface area contributed by atoms with Gasteiger partial charge in [0.05, 0.1) is 11.7 Å². The SMILES string of the molecule is C=CCCNc1nc(NC2CCC(OC(F)F)CC2)ncc1C(N)=O. The number of hydrogen-bond donors (Lipinski definition) is 3. The summed E-state index contributed by atoms with van der Waals surface area (Å²) in [5, 5.41) is 6.21. The molecular formula is C16H23F2N5O2. The van der Waals surface area contributed by atoms with Gasteiger partial charge in [-0.1, -0.05) is 6.08 Å². The molecule has 138 valence electrons. The van der Waals surface area contributed by atoms with Crippen LogP contribution in [0.2, 0.25) is 0 Å². The van der Waals surface area contributed by atoms with E-state index in [9.17, 15) is 13.6 Å². The van der Waals surface area contributed by atoms with Crippen LogP contribution in [0, 0.1) is 0 Å². The zero-order valence-electron chi connectivity index (χ0n) is 13.9. The number of anilines is 2. The van der Waals surface area contributed by atoms with Gasteiger partial charge in [-0.15, -0.1) is 6.58 Å². The number of nitrogens with one attached hydrogen (secondary N) is 2. The Balaban J connectivity index is 1.96. The Hall–Kier alpha value is -2.29. The summed E-state index contributed by atoms with van der Waals surface area (Å²) in [5.74, 6) is 0.114. The number of halogens is 2. The molecule has 1 amide bonds. The Labute approximate surface area is 145 Å². The fourth-order valence-corrected chi connectivity index (χ4v) is 2.73. The lowest BCUT2D eigenvalue weighted by atomic mass is 9.93. The van der Waals surface area contributed by atoms with E-state index >= 15 is 0 Å². The normalized spacial score (nSPS) is 20.3. The molecule has 0 saturated heterocycles. The highest BCUT2D eigenvalue weighted by molar-refractivity contribution is 5.97. The van der Waals surface area contributed by atoms with Crippen LogP contribution in [0.15, 0.2) is 18.9 Å². The summed E-state index contributed by atoms with van der Waals surface area (Å²) in [6, 6.07) is 0.0676. The van der Waals surface area contributed by atoms with Gasteiger partial charge < -0.3 is 21.1 Å². The Morgan fingerprint density at radius 3 is 2.76 bits per heavy atom. The summed E-state index contributed by atoms with van der Waals surface area (Å²) >= 11 is 0. The first kappa shape index (κ1) is 19.0. The van der Waals surface area contributed by atoms with Gasteiger partial charge in [-0.3, -0.25) is 4.79 Å². The zero-order valence-corrected chi connectivity index (χ0v) is 13.9. The van der Waals surface area contributed by atoms with Crippen molar-refractivity contribution in [2.24, 2.45) is 5.73 Å². The third-order valence-electron chi connectivity index (χ3n) is 4.00. The van der Waals surface area contributed by atoms with Gasteiger partial charge in [0.15, 0.2) is 0 Å². The minimum absolute atomic E-state index is 0.0676. The molecule has 0 bridgehead atoms. The fraction of sp³-hybridized carbons (Fsp3) is 0.562. The van der Waals surface area contributed by atoms with Crippen LogP contribution in [0.3, 0.4) is 0 Å². The minimum Gasteiger partial charge on any atom is -0.369 e. The van der Waals surface area contributed by atoms with Crippen LogP contribution in [-0.4, -0.2) is 41.2 Å². The van der Waals surface area contributed by atoms with E-state index in [2.05, 4.69) is 31.9 Å². The molecule has 0 radical (unpaired) electrons. The summed E-state index contributed by atoms with van der Waals surface area (Å²) in [5.41, 5.74) is 5.55. The summed E-state index contributed by atoms with van der Waals surface area (Å²) in [6.07, 6.45) is 5.87. The molecule has 0 spiro atoms. The Morgan fingerprint density at radius 1 is 1.44 bits per heavy atom. The molecule has 9 heteroatoms. The second kappa shape index (κ2) is 9.26. The number of rotatable bonds is 9. The van der Waals surface area contributed by atoms with Crippen molar-refractivity contribution in [3.8, 4) is 0 Å². The first-order valence-electron chi connectivity index (χ1n) is 8.21. The largest absolute Gasteiger partial charge is 0.369 e. The second-order valence-electron chi connectivity index (χ2n) is 5.84. The van der Waals surface area contributed by atoms with Crippen molar-refractivity contribution in [1.82, 2.24) is 9.97 Å². The molecule has 0 aliphatic heterocycles. The summed E-state index contributed by atoms with van der Waals surface area (Å²) in [4.78, 5) is 19.9. The highest BCUT2D eigenvalue weighted by Crippen LogP contribution is 2.25. The maximum absolute atomic E-state index is 12.2. The molecule has 1 heterocycles. The van der Waals surface area contributed by atoms with Gasteiger partial charge in [0.25, 0.3) is 5.91 Å². The highest BCUT2D eigenvalue weighted by atomic mass is 19.3. The predicted octanol–water partition coefficient (Wildman–Crippen LogP) is 2.53. The average Bonchev–Trinajstić information content (AvgIpc) is 2.56. The van der Waals surface area contributed by atoms with E-state index in [0.29, 0.717) is 50.4 Å². The zero-order chi connectivity index (χ0) is 18.2. The van der Waals surface area contributed by atoms with Crippen LogP contribution in [0.1, 0.15) is 42.5 Å². The van der Waals surface area contributed by atoms with Gasteiger partial charge in [0, 0.05) is 18.8 Å². The lowest BCUT2D eigenvalue weighted by Gasteiger charge is -2.28. The summed E-state index contributed by atoms with van der Waals surface area (Å²) in [7, 11) is 0. The van der Waals surface area contributed by atoms with Crippen molar-refractivity contribution in [1.29, 1.82) is 0 Å². The standard InChI is InChI=1S/C16H23F2N5O2/c1-2-3-8-20-14-12(13(19)24)9-21-16(23-14)22-10-4-6-11(7-5-10)25-15(17)18/h2,9-11,15H,1,3-8H2,(H2,19,24)(H2,20,21,22,23). The number of aromatic nitrogens is 2. The lowest BCUT2D eigenvalue weighted by Crippen LogP contribution is -2.31. The Morgan fingerprint density at radius 2 is 2.16 bits per heavy atom. The van der Waals surface area contributed by atoms with Gasteiger partial charge >= 0.3 is 6.61 Å². The first-order chi connectivity index (χ1) is 12.0. The van der Waals surface area contributed by atoms with Crippen LogP contribution >= 0.6 is 0 Å². The third-order valence-corrected chi connectivity index (χ3v) is 4.00. The van der Waals surface area contributed by atoms with Crippen molar-refractivity contribution in [3.63, 3.8) is 0 Å². The molecule has 7 nitrogen and oxygen atoms in total. The van der Waals surface area contributed by atoms with Crippen LogP contribution in [-0.2, 0) is 4.74 Å². The number of ether oxygens (including phenoxy) is 1. The van der Waals surface area contributed by atoms with E-state index in [1.807, 2.05) is 0 Å². The molecule has 1 saturated carbocycles. The van der Waals surface area contributed by atoms with Crippen LogP contribution < -0.4 is 16.4 Å². The second-order valence-corrected chi connectivity index (χ2v) is 5.84. The maximum Gasteiger partial charge on any atom is 0.345 e. The highest BCUT2D eigenvalue weighted by Gasteiger charge is 2.24. The van der Waals surface area contributed by atoms with Crippen LogP contribution in [0.25, 0.3) is 0 Å². The summed E-state index contributed by atoms with van der Waals surface area (Å²) in [6.45, 7) is 1.47. The molecule has 1 aromatic rings. The van der Waals surface area contributed by atoms with Crippen molar-refractivity contribution >= 4 is 17.7 Å². The number of amides is 1. The number of nitrogens with two attached hydrogens (primary N) is 1. The number of carbonyl (C=O) groups excluding carboxylic acids is 1. The van der Waals surface area contributed by atoms with Crippen molar-refractivity contribution in [2.75, 3.05) is 17.2 Å². The smallest absolute Gasteiger partial charge is 0.345 e. The molecule has 1 fully saturated rings. The maximum atomic E-state index is 12.2. The van der Waals surface area contributed by atoms with Gasteiger partial charge in [-0.05, 0) is 32.1 Å². The lowest BCUT2D eigenvalue weighted by molar-refractivity contribution is -0.169. The van der Waals surface area contributed by atoms with Crippen molar-refractivity contribution < 1.29 is 18.3 Å². The number of primary amides is 1. The average molecular weight is 355 g/mol. The molecule has 0 atom stereocenters. The van der Waals surface area contributed by atoms with Gasteiger partial charge in [0.2, 0.25) is 5.95 Å². The number of nitrogens with zero attached hydrogens (tertiary/aromatic N) is 2. The van der Waals surface area contributed by atoms with E-state index < -0.39 is 18.6 Å². The summed E-state index contributed by atoms with van der Waals surface area (Å²) < 4.78 is 29.0. The number of alkyl halides is 2. The van der Waals surface area contributed by atoms with Crippen molar-refractivity contribution in [2.45, 2.75) is 50.9 Å². The first-order valence-corrected chi connectivity index (χ1v) is 8.21. The van der Waals surface area contributed by atoms with Gasteiger partial charge in [-0.2, -0.15) is 13.8 Å². The third kappa shape index (κ3) is 5.93. The molecule has 25 heavy (non-hydrogen) atoms. The molecular weight excluding hydrogens is 332 g/mol. The Bertz CT molecular complexity index is 592. The van der Waals surface area contributed by atoms with Crippen LogP contribution in [0.4, 0.5) is 20.5 Å². The van der Waals surface area contributed by atoms with Crippen LogP contribution in [0.5, 0.6) is 0 Å². The quantitative estimate of drug-likeness (QED) is 0.465. The number of carbonyl (C=O) groups is 1. The molecule has 1 aromatic heterocycles. The van der Waals surface area contributed by atoms with E-state index in [1.165, 1.54) is 6.20 Å². The fourth-order valence-electron chi connectivity index (χ4n) is 2.73. The Kier molecular flexibility index (Phi) is 7.05. The van der Waals surface area contributed by atoms with E-state index in [-0.39, 0.29) is 11.6 Å². The van der Waals surface area contributed by atoms with E-state index in [4.69, 9.17) is 5.73 Å².